The van der Waals surface area contributed by atoms with E-state index in [1.807, 2.05) is 6.07 Å². The van der Waals surface area contributed by atoms with Gasteiger partial charge in [0.25, 0.3) is 0 Å². The standard InChI is InChI=1S/C18H28FN/c1-14-7-8-16(19)11-15(14)12-18(9-5-6-10-18)13-20-17(2,3)4/h7-8,11,20H,5-6,9-10,12-13H2,1-4H3. The molecule has 1 aliphatic carbocycles. The van der Waals surface area contributed by atoms with Gasteiger partial charge in [-0.2, -0.15) is 0 Å². The number of nitrogens with one attached hydrogen (secondary N) is 1. The Bertz CT molecular complexity index is 453. The van der Waals surface area contributed by atoms with E-state index in [0.717, 1.165) is 13.0 Å². The summed E-state index contributed by atoms with van der Waals surface area (Å²) in [6.07, 6.45) is 6.12. The summed E-state index contributed by atoms with van der Waals surface area (Å²) in [6, 6.07) is 5.20. The minimum Gasteiger partial charge on any atom is -0.312 e. The van der Waals surface area contributed by atoms with Crippen LogP contribution in [0.2, 0.25) is 0 Å². The van der Waals surface area contributed by atoms with Gasteiger partial charge in [-0.15, -0.1) is 0 Å². The Morgan fingerprint density at radius 1 is 1.20 bits per heavy atom. The second-order valence-electron chi connectivity index (χ2n) is 7.56. The first-order valence-corrected chi connectivity index (χ1v) is 7.80. The van der Waals surface area contributed by atoms with Crippen LogP contribution in [0.1, 0.15) is 57.6 Å². The van der Waals surface area contributed by atoms with Gasteiger partial charge < -0.3 is 5.32 Å². The van der Waals surface area contributed by atoms with E-state index in [9.17, 15) is 4.39 Å². The minimum absolute atomic E-state index is 0.109. The lowest BCUT2D eigenvalue weighted by Crippen LogP contribution is -2.44. The molecule has 0 bridgehead atoms. The van der Waals surface area contributed by atoms with Crippen LogP contribution in [0.15, 0.2) is 18.2 Å². The Morgan fingerprint density at radius 3 is 2.45 bits per heavy atom. The number of hydrogen-bond acceptors (Lipinski definition) is 1. The molecule has 0 aliphatic heterocycles. The molecule has 0 atom stereocenters. The van der Waals surface area contributed by atoms with E-state index in [1.54, 1.807) is 12.1 Å². The molecule has 2 heteroatoms. The second kappa shape index (κ2) is 5.85. The van der Waals surface area contributed by atoms with Crippen molar-refractivity contribution < 1.29 is 4.39 Å². The van der Waals surface area contributed by atoms with Gasteiger partial charge in [0.05, 0.1) is 0 Å². The van der Waals surface area contributed by atoms with Gasteiger partial charge in [0.1, 0.15) is 5.82 Å². The molecule has 1 fully saturated rings. The third-order valence-corrected chi connectivity index (χ3v) is 4.53. The number of benzene rings is 1. The summed E-state index contributed by atoms with van der Waals surface area (Å²) < 4.78 is 13.5. The predicted octanol–water partition coefficient (Wildman–Crippen LogP) is 4.63. The Hall–Kier alpha value is -0.890. The number of rotatable bonds is 4. The summed E-state index contributed by atoms with van der Waals surface area (Å²) >= 11 is 0. The Balaban J connectivity index is 2.14. The molecule has 1 aromatic carbocycles. The first kappa shape index (κ1) is 15.5. The lowest BCUT2D eigenvalue weighted by Gasteiger charge is -2.34. The highest BCUT2D eigenvalue weighted by atomic mass is 19.1. The molecule has 1 aromatic rings. The van der Waals surface area contributed by atoms with Crippen LogP contribution in [-0.2, 0) is 6.42 Å². The summed E-state index contributed by atoms with van der Waals surface area (Å²) in [5.41, 5.74) is 2.86. The zero-order valence-corrected chi connectivity index (χ0v) is 13.4. The van der Waals surface area contributed by atoms with E-state index in [0.29, 0.717) is 5.41 Å². The van der Waals surface area contributed by atoms with Crippen molar-refractivity contribution in [2.75, 3.05) is 6.54 Å². The topological polar surface area (TPSA) is 12.0 Å². The largest absolute Gasteiger partial charge is 0.312 e. The van der Waals surface area contributed by atoms with Crippen LogP contribution in [0.3, 0.4) is 0 Å². The second-order valence-corrected chi connectivity index (χ2v) is 7.56. The van der Waals surface area contributed by atoms with E-state index in [1.165, 1.54) is 36.8 Å². The van der Waals surface area contributed by atoms with Crippen LogP contribution in [0.5, 0.6) is 0 Å². The molecule has 0 aromatic heterocycles. The van der Waals surface area contributed by atoms with E-state index in [2.05, 4.69) is 33.0 Å². The van der Waals surface area contributed by atoms with Gasteiger partial charge >= 0.3 is 0 Å². The third kappa shape index (κ3) is 4.05. The van der Waals surface area contributed by atoms with Crippen molar-refractivity contribution in [3.63, 3.8) is 0 Å². The maximum atomic E-state index is 13.5. The minimum atomic E-state index is -0.109. The predicted molar refractivity (Wildman–Crippen MR) is 83.5 cm³/mol. The van der Waals surface area contributed by atoms with Gasteiger partial charge in [0, 0.05) is 12.1 Å². The highest BCUT2D eigenvalue weighted by Crippen LogP contribution is 2.41. The molecule has 2 rings (SSSR count). The maximum Gasteiger partial charge on any atom is 0.123 e. The number of halogens is 1. The molecule has 0 heterocycles. The van der Waals surface area contributed by atoms with Crippen molar-refractivity contribution in [2.45, 2.75) is 65.3 Å². The third-order valence-electron chi connectivity index (χ3n) is 4.53. The SMILES string of the molecule is Cc1ccc(F)cc1CC1(CNC(C)(C)C)CCCC1. The van der Waals surface area contributed by atoms with E-state index >= 15 is 0 Å². The van der Waals surface area contributed by atoms with Crippen molar-refractivity contribution in [2.24, 2.45) is 5.41 Å². The number of hydrogen-bond donors (Lipinski definition) is 1. The van der Waals surface area contributed by atoms with Gasteiger partial charge in [-0.25, -0.2) is 4.39 Å². The highest BCUT2D eigenvalue weighted by Gasteiger charge is 2.35. The highest BCUT2D eigenvalue weighted by molar-refractivity contribution is 5.28. The fourth-order valence-corrected chi connectivity index (χ4v) is 3.23. The fraction of sp³-hybridized carbons (Fsp3) is 0.667. The molecule has 1 aliphatic rings. The van der Waals surface area contributed by atoms with E-state index < -0.39 is 0 Å². The molecule has 1 saturated carbocycles. The molecule has 20 heavy (non-hydrogen) atoms. The van der Waals surface area contributed by atoms with Crippen LogP contribution < -0.4 is 5.32 Å². The van der Waals surface area contributed by atoms with E-state index in [-0.39, 0.29) is 11.4 Å². The molecule has 1 nitrogen and oxygen atoms in total. The quantitative estimate of drug-likeness (QED) is 0.846. The molecule has 0 spiro atoms. The first-order chi connectivity index (χ1) is 9.30. The zero-order valence-electron chi connectivity index (χ0n) is 13.4. The molecule has 0 saturated heterocycles. The van der Waals surface area contributed by atoms with Crippen molar-refractivity contribution in [3.8, 4) is 0 Å². The lowest BCUT2D eigenvalue weighted by atomic mass is 9.78. The normalized spacial score (nSPS) is 18.4. The van der Waals surface area contributed by atoms with Crippen molar-refractivity contribution in [3.05, 3.63) is 35.1 Å². The van der Waals surface area contributed by atoms with E-state index in [4.69, 9.17) is 0 Å². The van der Waals surface area contributed by atoms with Crippen molar-refractivity contribution in [1.82, 2.24) is 5.32 Å². The zero-order chi connectivity index (χ0) is 14.8. The fourth-order valence-electron chi connectivity index (χ4n) is 3.23. The molecule has 0 radical (unpaired) electrons. The molecular weight excluding hydrogens is 249 g/mol. The maximum absolute atomic E-state index is 13.5. The van der Waals surface area contributed by atoms with Crippen LogP contribution in [0.25, 0.3) is 0 Å². The van der Waals surface area contributed by atoms with Crippen molar-refractivity contribution in [1.29, 1.82) is 0 Å². The van der Waals surface area contributed by atoms with Crippen LogP contribution in [0.4, 0.5) is 4.39 Å². The monoisotopic (exact) mass is 277 g/mol. The van der Waals surface area contributed by atoms with Crippen LogP contribution >= 0.6 is 0 Å². The molecule has 112 valence electrons. The summed E-state index contributed by atoms with van der Waals surface area (Å²) in [7, 11) is 0. The molecule has 0 unspecified atom stereocenters. The summed E-state index contributed by atoms with van der Waals surface area (Å²) in [4.78, 5) is 0. The van der Waals surface area contributed by atoms with Gasteiger partial charge in [-0.3, -0.25) is 0 Å². The Kier molecular flexibility index (Phi) is 4.53. The molecule has 1 N–H and O–H groups in total. The number of aryl methyl sites for hydroxylation is 1. The average Bonchev–Trinajstić information content (AvgIpc) is 2.80. The van der Waals surface area contributed by atoms with Crippen LogP contribution in [-0.4, -0.2) is 12.1 Å². The molecular formula is C18H28FN. The molecule has 0 amide bonds. The summed E-state index contributed by atoms with van der Waals surface area (Å²) in [6.45, 7) is 9.76. The summed E-state index contributed by atoms with van der Waals surface area (Å²) in [5, 5.41) is 3.67. The average molecular weight is 277 g/mol. The Labute approximate surface area is 123 Å². The van der Waals surface area contributed by atoms with Gasteiger partial charge in [0.2, 0.25) is 0 Å². The van der Waals surface area contributed by atoms with Gasteiger partial charge in [-0.05, 0) is 75.6 Å². The van der Waals surface area contributed by atoms with Gasteiger partial charge in [-0.1, -0.05) is 18.9 Å². The van der Waals surface area contributed by atoms with Crippen LogP contribution in [0, 0.1) is 18.2 Å². The summed E-state index contributed by atoms with van der Waals surface area (Å²) in [5.74, 6) is -0.109. The Morgan fingerprint density at radius 2 is 1.85 bits per heavy atom. The first-order valence-electron chi connectivity index (χ1n) is 7.80. The van der Waals surface area contributed by atoms with Gasteiger partial charge in [0.15, 0.2) is 0 Å². The lowest BCUT2D eigenvalue weighted by molar-refractivity contribution is 0.244. The smallest absolute Gasteiger partial charge is 0.123 e. The van der Waals surface area contributed by atoms with Crippen molar-refractivity contribution >= 4 is 0 Å².